The molecule has 3 unspecified atom stereocenters. The van der Waals surface area contributed by atoms with Crippen LogP contribution < -0.4 is 0 Å². The number of rotatable bonds is 12. The fraction of sp³-hybridized carbons (Fsp3) is 0.581. The predicted molar refractivity (Wildman–Crippen MR) is 164 cm³/mol. The van der Waals surface area contributed by atoms with Gasteiger partial charge in [0.25, 0.3) is 0 Å². The first-order valence-electron chi connectivity index (χ1n) is 14.1. The van der Waals surface area contributed by atoms with E-state index in [4.69, 9.17) is 0 Å². The Hall–Kier alpha value is -2.10. The average Bonchev–Trinajstić information content (AvgIpc) is 3.50. The fourth-order valence-corrected chi connectivity index (χ4v) is 10.4. The molecule has 3 aliphatic heterocycles. The predicted octanol–water partition coefficient (Wildman–Crippen LogP) is 4.11. The summed E-state index contributed by atoms with van der Waals surface area (Å²) in [5, 5.41) is 10.3. The standard InChI is InChI=1S/C31H42BrN3O4S/c1-7-14-33(17-21-12-10-9-11-13-21)28(37)24-25-29(38)35(23(18-36)19(3)4)27(30(39)34(15-8-2)20(5)6)31(25)16-22(32)26(24)40-31/h7-13,19-20,22-27,36H,1-2,14-18H2,3-6H3/t22?,23-,24-,25-,26-,27?,31?/m0/s1. The minimum absolute atomic E-state index is 0.0217. The van der Waals surface area contributed by atoms with Gasteiger partial charge in [0.1, 0.15) is 6.04 Å². The van der Waals surface area contributed by atoms with Gasteiger partial charge in [-0.1, -0.05) is 72.3 Å². The molecule has 0 saturated carbocycles. The molecule has 40 heavy (non-hydrogen) atoms. The number of amides is 3. The lowest BCUT2D eigenvalue weighted by Crippen LogP contribution is -2.59. The number of hydrogen-bond donors (Lipinski definition) is 1. The normalized spacial score (nSPS) is 29.6. The highest BCUT2D eigenvalue weighted by atomic mass is 79.9. The molecule has 1 aromatic carbocycles. The summed E-state index contributed by atoms with van der Waals surface area (Å²) < 4.78 is -0.767. The van der Waals surface area contributed by atoms with Crippen LogP contribution >= 0.6 is 27.7 Å². The lowest BCUT2D eigenvalue weighted by Gasteiger charge is -2.41. The van der Waals surface area contributed by atoms with Crippen LogP contribution in [-0.2, 0) is 20.9 Å². The van der Waals surface area contributed by atoms with Crippen molar-refractivity contribution in [3.05, 3.63) is 61.2 Å². The zero-order chi connectivity index (χ0) is 29.4. The first-order valence-corrected chi connectivity index (χ1v) is 15.9. The van der Waals surface area contributed by atoms with Gasteiger partial charge in [0.05, 0.1) is 29.2 Å². The third-order valence-corrected chi connectivity index (χ3v) is 11.9. The Morgan fingerprint density at radius 3 is 2.35 bits per heavy atom. The van der Waals surface area contributed by atoms with Gasteiger partial charge in [-0.25, -0.2) is 0 Å². The number of likely N-dealkylation sites (tertiary alicyclic amines) is 1. The van der Waals surface area contributed by atoms with Crippen molar-refractivity contribution in [3.63, 3.8) is 0 Å². The summed E-state index contributed by atoms with van der Waals surface area (Å²) in [5.74, 6) is -1.73. The van der Waals surface area contributed by atoms with E-state index < -0.39 is 28.7 Å². The summed E-state index contributed by atoms with van der Waals surface area (Å²) in [5.41, 5.74) is 1.00. The number of nitrogens with zero attached hydrogens (tertiary/aromatic N) is 3. The molecule has 0 aromatic heterocycles. The van der Waals surface area contributed by atoms with E-state index in [0.717, 1.165) is 5.56 Å². The molecule has 7 atom stereocenters. The van der Waals surface area contributed by atoms with Crippen molar-refractivity contribution < 1.29 is 19.5 Å². The number of thioether (sulfide) groups is 1. The molecule has 3 amide bonds. The Kier molecular flexibility index (Phi) is 9.57. The van der Waals surface area contributed by atoms with E-state index in [1.165, 1.54) is 0 Å². The van der Waals surface area contributed by atoms with Gasteiger partial charge in [0.2, 0.25) is 17.7 Å². The molecule has 7 nitrogen and oxygen atoms in total. The van der Waals surface area contributed by atoms with E-state index in [1.54, 1.807) is 38.6 Å². The van der Waals surface area contributed by atoms with Crippen LogP contribution in [0.4, 0.5) is 0 Å². The first kappa shape index (κ1) is 30.8. The Labute approximate surface area is 251 Å². The maximum atomic E-state index is 14.5. The highest BCUT2D eigenvalue weighted by Crippen LogP contribution is 2.68. The first-order chi connectivity index (χ1) is 19.0. The van der Waals surface area contributed by atoms with Gasteiger partial charge in [-0.3, -0.25) is 14.4 Å². The van der Waals surface area contributed by atoms with E-state index in [2.05, 4.69) is 29.1 Å². The zero-order valence-corrected chi connectivity index (χ0v) is 26.3. The van der Waals surface area contributed by atoms with Gasteiger partial charge >= 0.3 is 0 Å². The second kappa shape index (κ2) is 12.4. The third-order valence-electron chi connectivity index (χ3n) is 8.67. The van der Waals surface area contributed by atoms with Gasteiger partial charge in [-0.15, -0.1) is 24.9 Å². The summed E-state index contributed by atoms with van der Waals surface area (Å²) in [6.07, 6.45) is 4.02. The molecule has 0 aliphatic carbocycles. The van der Waals surface area contributed by atoms with Crippen LogP contribution in [0.25, 0.3) is 0 Å². The fourth-order valence-electron chi connectivity index (χ4n) is 6.86. The molecular weight excluding hydrogens is 590 g/mol. The highest BCUT2D eigenvalue weighted by molar-refractivity contribution is 9.09. The molecule has 1 aromatic rings. The highest BCUT2D eigenvalue weighted by Gasteiger charge is 2.76. The summed E-state index contributed by atoms with van der Waals surface area (Å²) in [6.45, 7) is 16.4. The van der Waals surface area contributed by atoms with Crippen LogP contribution in [0, 0.1) is 17.8 Å². The topological polar surface area (TPSA) is 81.2 Å². The number of carbonyl (C=O) groups is 3. The van der Waals surface area contributed by atoms with Crippen LogP contribution in [0.15, 0.2) is 55.6 Å². The van der Waals surface area contributed by atoms with Crippen LogP contribution in [-0.4, -0.2) is 90.2 Å². The van der Waals surface area contributed by atoms with Gasteiger partial charge < -0.3 is 19.8 Å². The number of fused-ring (bicyclic) bond motifs is 1. The average molecular weight is 633 g/mol. The molecule has 2 bridgehead atoms. The number of aliphatic hydroxyl groups excluding tert-OH is 1. The van der Waals surface area contributed by atoms with Crippen molar-refractivity contribution in [2.24, 2.45) is 17.8 Å². The number of carbonyl (C=O) groups excluding carboxylic acids is 3. The Morgan fingerprint density at radius 1 is 1.15 bits per heavy atom. The number of halogens is 1. The monoisotopic (exact) mass is 631 g/mol. The van der Waals surface area contributed by atoms with Crippen molar-refractivity contribution in [3.8, 4) is 0 Å². The molecule has 9 heteroatoms. The number of benzene rings is 1. The number of aliphatic hydroxyl groups is 1. The molecular formula is C31H42BrN3O4S. The van der Waals surface area contributed by atoms with Crippen LogP contribution in [0.3, 0.4) is 0 Å². The second-order valence-electron chi connectivity index (χ2n) is 11.8. The van der Waals surface area contributed by atoms with Crippen molar-refractivity contribution in [2.75, 3.05) is 19.7 Å². The zero-order valence-electron chi connectivity index (χ0n) is 23.9. The Morgan fingerprint density at radius 2 is 1.80 bits per heavy atom. The molecule has 3 aliphatic rings. The van der Waals surface area contributed by atoms with Crippen molar-refractivity contribution >= 4 is 45.4 Å². The lowest BCUT2D eigenvalue weighted by atomic mass is 9.70. The number of alkyl halides is 1. The summed E-state index contributed by atoms with van der Waals surface area (Å²) in [7, 11) is 0. The van der Waals surface area contributed by atoms with Crippen molar-refractivity contribution in [1.29, 1.82) is 0 Å². The van der Waals surface area contributed by atoms with E-state index in [1.807, 2.05) is 58.0 Å². The quantitative estimate of drug-likeness (QED) is 0.277. The maximum absolute atomic E-state index is 14.5. The van der Waals surface area contributed by atoms with Gasteiger partial charge in [-0.2, -0.15) is 0 Å². The largest absolute Gasteiger partial charge is 0.394 e. The minimum atomic E-state index is -0.776. The van der Waals surface area contributed by atoms with Crippen LogP contribution in [0.1, 0.15) is 39.7 Å². The summed E-state index contributed by atoms with van der Waals surface area (Å²) in [6, 6.07) is 8.40. The molecule has 1 N–H and O–H groups in total. The van der Waals surface area contributed by atoms with Gasteiger partial charge in [0, 0.05) is 35.8 Å². The van der Waals surface area contributed by atoms with Gasteiger partial charge in [0.15, 0.2) is 0 Å². The summed E-state index contributed by atoms with van der Waals surface area (Å²) >= 11 is 5.48. The molecule has 218 valence electrons. The van der Waals surface area contributed by atoms with E-state index in [0.29, 0.717) is 26.1 Å². The third kappa shape index (κ3) is 5.18. The molecule has 3 saturated heterocycles. The Balaban J connectivity index is 1.80. The molecule has 4 rings (SSSR count). The van der Waals surface area contributed by atoms with Gasteiger partial charge in [-0.05, 0) is 31.7 Å². The smallest absolute Gasteiger partial charge is 0.247 e. The molecule has 3 heterocycles. The molecule has 0 radical (unpaired) electrons. The lowest BCUT2D eigenvalue weighted by molar-refractivity contribution is -0.148. The van der Waals surface area contributed by atoms with Crippen molar-refractivity contribution in [2.45, 2.75) is 73.6 Å². The summed E-state index contributed by atoms with van der Waals surface area (Å²) in [4.78, 5) is 48.5. The molecule has 3 fully saturated rings. The molecule has 1 spiro atoms. The maximum Gasteiger partial charge on any atom is 0.247 e. The van der Waals surface area contributed by atoms with Crippen molar-refractivity contribution in [1.82, 2.24) is 14.7 Å². The SMILES string of the molecule is C=CCN(Cc1ccccc1)C(=O)[C@H]1[C@H]2C(=O)N([C@@H](CO)C(C)C)C(C(=O)N(CC=C)C(C)C)C23CC(Br)[C@@H]1S3. The van der Waals surface area contributed by atoms with E-state index in [-0.39, 0.29) is 46.4 Å². The minimum Gasteiger partial charge on any atom is -0.394 e. The van der Waals surface area contributed by atoms with E-state index >= 15 is 0 Å². The Bertz CT molecular complexity index is 1130. The number of hydrogen-bond acceptors (Lipinski definition) is 5. The van der Waals surface area contributed by atoms with Crippen LogP contribution in [0.5, 0.6) is 0 Å². The van der Waals surface area contributed by atoms with Crippen LogP contribution in [0.2, 0.25) is 0 Å². The second-order valence-corrected chi connectivity index (χ2v) is 14.5. The van der Waals surface area contributed by atoms with E-state index in [9.17, 15) is 19.5 Å².